The maximum Gasteiger partial charge on any atom is 0.187 e. The Balaban J connectivity index is 2.52. The predicted octanol–water partition coefficient (Wildman–Crippen LogP) is 2.70. The smallest absolute Gasteiger partial charge is 0.187 e. The summed E-state index contributed by atoms with van der Waals surface area (Å²) in [7, 11) is -1.96. The van der Waals surface area contributed by atoms with Gasteiger partial charge in [-0.15, -0.1) is 0 Å². The highest BCUT2D eigenvalue weighted by Crippen LogP contribution is 2.31. The largest absolute Gasteiger partial charge is 0.398 e. The Morgan fingerprint density at radius 3 is 2.60 bits per heavy atom. The van der Waals surface area contributed by atoms with E-state index in [0.717, 1.165) is 5.69 Å². The van der Waals surface area contributed by atoms with Gasteiger partial charge in [-0.3, -0.25) is 4.68 Å². The van der Waals surface area contributed by atoms with Crippen LogP contribution in [0.4, 0.5) is 5.69 Å². The number of hydrogen-bond acceptors (Lipinski definition) is 4. The van der Waals surface area contributed by atoms with E-state index in [-0.39, 0.29) is 21.4 Å². The first kappa shape index (κ1) is 15.3. The molecule has 0 spiro atoms. The molecule has 0 saturated heterocycles. The molecule has 0 unspecified atom stereocenters. The molecule has 1 aromatic heterocycles. The monoisotopic (exact) mass is 377 g/mol. The Labute approximate surface area is 130 Å². The number of nitrogens with two attached hydrogens (primary N) is 1. The fourth-order valence-electron chi connectivity index (χ4n) is 1.94. The Morgan fingerprint density at radius 1 is 1.45 bits per heavy atom. The van der Waals surface area contributed by atoms with E-state index in [1.54, 1.807) is 20.0 Å². The summed E-state index contributed by atoms with van der Waals surface area (Å²) in [6, 6.07) is 4.64. The van der Waals surface area contributed by atoms with Crippen molar-refractivity contribution in [3.8, 4) is 0 Å². The summed E-state index contributed by atoms with van der Waals surface area (Å²) in [4.78, 5) is -0.0348. The lowest BCUT2D eigenvalue weighted by atomic mass is 10.3. The van der Waals surface area contributed by atoms with Gasteiger partial charge in [0.25, 0.3) is 0 Å². The molecule has 0 aliphatic carbocycles. The molecule has 0 bridgehead atoms. The zero-order valence-electron chi connectivity index (χ0n) is 10.9. The molecular formula is C12H13BrClN3O2S. The first-order valence-electron chi connectivity index (χ1n) is 5.68. The fraction of sp³-hybridized carbons (Fsp3) is 0.250. The van der Waals surface area contributed by atoms with Crippen molar-refractivity contribution in [1.82, 2.24) is 9.78 Å². The van der Waals surface area contributed by atoms with Gasteiger partial charge in [0.15, 0.2) is 9.84 Å². The van der Waals surface area contributed by atoms with Gasteiger partial charge in [-0.2, -0.15) is 5.10 Å². The van der Waals surface area contributed by atoms with E-state index in [1.807, 2.05) is 0 Å². The molecule has 0 fully saturated rings. The molecule has 5 nitrogen and oxygen atoms in total. The van der Waals surface area contributed by atoms with E-state index in [2.05, 4.69) is 21.0 Å². The standard InChI is InChI=1S/C12H13BrClN3O2S/c1-7-11(13)10(17(2)16-7)6-20(18,19)12-8(14)4-3-5-9(12)15/h3-5H,6,15H2,1-2H3. The van der Waals surface area contributed by atoms with Gasteiger partial charge >= 0.3 is 0 Å². The molecule has 0 amide bonds. The lowest BCUT2D eigenvalue weighted by Gasteiger charge is -2.10. The molecule has 2 N–H and O–H groups in total. The van der Waals surface area contributed by atoms with E-state index in [4.69, 9.17) is 17.3 Å². The maximum atomic E-state index is 12.5. The zero-order valence-corrected chi connectivity index (χ0v) is 14.1. The number of sulfone groups is 1. The molecule has 2 aromatic rings. The van der Waals surface area contributed by atoms with Crippen LogP contribution in [-0.4, -0.2) is 18.2 Å². The average molecular weight is 379 g/mol. The molecule has 0 aliphatic rings. The lowest BCUT2D eigenvalue weighted by molar-refractivity contribution is 0.592. The predicted molar refractivity (Wildman–Crippen MR) is 82.4 cm³/mol. The topological polar surface area (TPSA) is 78.0 Å². The number of halogens is 2. The Bertz CT molecular complexity index is 751. The molecule has 1 heterocycles. The average Bonchev–Trinajstić information content (AvgIpc) is 2.55. The van der Waals surface area contributed by atoms with Crippen molar-refractivity contribution in [3.63, 3.8) is 0 Å². The summed E-state index contributed by atoms with van der Waals surface area (Å²) in [5, 5.41) is 4.30. The third-order valence-electron chi connectivity index (χ3n) is 2.90. The van der Waals surface area contributed by atoms with Crippen molar-refractivity contribution < 1.29 is 8.42 Å². The van der Waals surface area contributed by atoms with Crippen LogP contribution in [0.2, 0.25) is 5.02 Å². The van der Waals surface area contributed by atoms with Crippen molar-refractivity contribution in [2.45, 2.75) is 17.6 Å². The SMILES string of the molecule is Cc1nn(C)c(CS(=O)(=O)c2c(N)cccc2Cl)c1Br. The second-order valence-electron chi connectivity index (χ2n) is 4.39. The Hall–Kier alpha value is -1.05. The quantitative estimate of drug-likeness (QED) is 0.833. The van der Waals surface area contributed by atoms with Gasteiger partial charge < -0.3 is 5.73 Å². The molecule has 8 heteroatoms. The van der Waals surface area contributed by atoms with Gasteiger partial charge in [-0.1, -0.05) is 17.7 Å². The zero-order chi connectivity index (χ0) is 15.1. The number of hydrogen-bond donors (Lipinski definition) is 1. The minimum Gasteiger partial charge on any atom is -0.398 e. The van der Waals surface area contributed by atoms with Crippen molar-refractivity contribution in [2.75, 3.05) is 5.73 Å². The van der Waals surface area contributed by atoms with Gasteiger partial charge in [0, 0.05) is 7.05 Å². The molecule has 2 rings (SSSR count). The van der Waals surface area contributed by atoms with Gasteiger partial charge in [0.05, 0.1) is 32.3 Å². The summed E-state index contributed by atoms with van der Waals surface area (Å²) >= 11 is 9.32. The van der Waals surface area contributed by atoms with Crippen molar-refractivity contribution in [1.29, 1.82) is 0 Å². The third kappa shape index (κ3) is 2.70. The number of nitrogen functional groups attached to an aromatic ring is 1. The molecule has 108 valence electrons. The minimum absolute atomic E-state index is 0.0348. The lowest BCUT2D eigenvalue weighted by Crippen LogP contribution is -2.11. The van der Waals surface area contributed by atoms with Crippen LogP contribution in [0.3, 0.4) is 0 Å². The summed E-state index contributed by atoms with van der Waals surface area (Å²) in [6.45, 7) is 1.80. The van der Waals surface area contributed by atoms with Crippen molar-refractivity contribution in [2.24, 2.45) is 7.05 Å². The van der Waals surface area contributed by atoms with E-state index < -0.39 is 9.84 Å². The third-order valence-corrected chi connectivity index (χ3v) is 6.09. The molecular weight excluding hydrogens is 366 g/mol. The van der Waals surface area contributed by atoms with Crippen LogP contribution in [0.5, 0.6) is 0 Å². The van der Waals surface area contributed by atoms with Crippen LogP contribution in [0.25, 0.3) is 0 Å². The van der Waals surface area contributed by atoms with Crippen molar-refractivity contribution >= 4 is 43.1 Å². The highest BCUT2D eigenvalue weighted by Gasteiger charge is 2.25. The maximum absolute atomic E-state index is 12.5. The molecule has 0 atom stereocenters. The Morgan fingerprint density at radius 2 is 2.10 bits per heavy atom. The first-order valence-corrected chi connectivity index (χ1v) is 8.51. The second kappa shape index (κ2) is 5.38. The minimum atomic E-state index is -3.65. The highest BCUT2D eigenvalue weighted by molar-refractivity contribution is 9.10. The van der Waals surface area contributed by atoms with Crippen LogP contribution in [-0.2, 0) is 22.6 Å². The van der Waals surface area contributed by atoms with E-state index >= 15 is 0 Å². The summed E-state index contributed by atoms with van der Waals surface area (Å²) < 4.78 is 27.3. The van der Waals surface area contributed by atoms with Crippen LogP contribution in [0, 0.1) is 6.92 Å². The summed E-state index contributed by atoms with van der Waals surface area (Å²) in [5.41, 5.74) is 7.17. The van der Waals surface area contributed by atoms with Crippen LogP contribution >= 0.6 is 27.5 Å². The molecule has 0 radical (unpaired) electrons. The van der Waals surface area contributed by atoms with Gasteiger partial charge in [0.1, 0.15) is 4.90 Å². The number of benzene rings is 1. The summed E-state index contributed by atoms with van der Waals surface area (Å²) in [6.07, 6.45) is 0. The summed E-state index contributed by atoms with van der Waals surface area (Å²) in [5.74, 6) is -0.223. The van der Waals surface area contributed by atoms with Crippen LogP contribution in [0.1, 0.15) is 11.4 Å². The highest BCUT2D eigenvalue weighted by atomic mass is 79.9. The van der Waals surface area contributed by atoms with E-state index in [0.29, 0.717) is 10.2 Å². The Kier molecular flexibility index (Phi) is 4.13. The number of nitrogens with zero attached hydrogens (tertiary/aromatic N) is 2. The normalized spacial score (nSPS) is 11.8. The first-order chi connectivity index (χ1) is 9.24. The van der Waals surface area contributed by atoms with Gasteiger partial charge in [-0.25, -0.2) is 8.42 Å². The van der Waals surface area contributed by atoms with Crippen LogP contribution < -0.4 is 5.73 Å². The number of aromatic nitrogens is 2. The number of anilines is 1. The molecule has 1 aromatic carbocycles. The molecule has 20 heavy (non-hydrogen) atoms. The van der Waals surface area contributed by atoms with Crippen molar-refractivity contribution in [3.05, 3.63) is 39.1 Å². The number of aryl methyl sites for hydroxylation is 2. The number of rotatable bonds is 3. The van der Waals surface area contributed by atoms with Gasteiger partial charge in [-0.05, 0) is 35.0 Å². The van der Waals surface area contributed by atoms with Crippen LogP contribution in [0.15, 0.2) is 27.6 Å². The second-order valence-corrected chi connectivity index (χ2v) is 7.51. The molecule has 0 aliphatic heterocycles. The fourth-order valence-corrected chi connectivity index (χ4v) is 4.77. The van der Waals surface area contributed by atoms with E-state index in [9.17, 15) is 8.42 Å². The van der Waals surface area contributed by atoms with E-state index in [1.165, 1.54) is 16.8 Å². The molecule has 0 saturated carbocycles. The van der Waals surface area contributed by atoms with Gasteiger partial charge in [0.2, 0.25) is 0 Å².